The summed E-state index contributed by atoms with van der Waals surface area (Å²) >= 11 is 0. The minimum atomic E-state index is -0.955. The van der Waals surface area contributed by atoms with Crippen LogP contribution in [-0.4, -0.2) is 43.7 Å². The fraction of sp³-hybridized carbons (Fsp3) is 0.875. The predicted octanol–water partition coefficient (Wildman–Crippen LogP) is -4.15. The first-order valence-electron chi connectivity index (χ1n) is 4.29. The van der Waals surface area contributed by atoms with Crippen LogP contribution in [0, 0.1) is 0 Å². The molecule has 0 spiro atoms. The van der Waals surface area contributed by atoms with Crippen molar-refractivity contribution < 1.29 is 66.0 Å². The molecule has 0 atom stereocenters. The number of hydrogen-bond donors (Lipinski definition) is 0. The average Bonchev–Trinajstić information content (AvgIpc) is 2.05. The molecule has 70 valence electrons. The van der Waals surface area contributed by atoms with E-state index in [2.05, 4.69) is 4.90 Å². The van der Waals surface area contributed by atoms with Gasteiger partial charge in [0.2, 0.25) is 0 Å². The summed E-state index contributed by atoms with van der Waals surface area (Å²) in [6.07, 6.45) is 0.847. The van der Waals surface area contributed by atoms with Gasteiger partial charge >= 0.3 is 51.4 Å². The van der Waals surface area contributed by atoms with Gasteiger partial charge in [-0.2, -0.15) is 0 Å². The second-order valence-corrected chi connectivity index (χ2v) is 2.93. The first-order chi connectivity index (χ1) is 5.79. The summed E-state index contributed by atoms with van der Waals surface area (Å²) in [5, 5.41) is 10.1. The van der Waals surface area contributed by atoms with E-state index in [9.17, 15) is 9.90 Å². The van der Waals surface area contributed by atoms with Crippen molar-refractivity contribution in [3.05, 3.63) is 0 Å². The molecule has 1 aliphatic heterocycles. The number of carboxylic acids is 1. The minimum absolute atomic E-state index is 0. The Morgan fingerprint density at radius 1 is 1.38 bits per heavy atom. The Bertz CT molecular complexity index is 148. The molecule has 0 aromatic heterocycles. The van der Waals surface area contributed by atoms with E-state index in [-0.39, 0.29) is 57.8 Å². The van der Waals surface area contributed by atoms with Crippen molar-refractivity contribution in [2.45, 2.75) is 12.8 Å². The summed E-state index contributed by atoms with van der Waals surface area (Å²) in [5.41, 5.74) is 0. The smallest absolute Gasteiger partial charge is 0.550 e. The average molecular weight is 211 g/mol. The maximum Gasteiger partial charge on any atom is 1.00 e. The molecule has 4 nitrogen and oxygen atoms in total. The summed E-state index contributed by atoms with van der Waals surface area (Å²) in [6, 6.07) is 0. The molecule has 0 saturated carbocycles. The molecule has 1 fully saturated rings. The van der Waals surface area contributed by atoms with Crippen LogP contribution in [0.1, 0.15) is 12.8 Å². The van der Waals surface area contributed by atoms with Crippen molar-refractivity contribution in [1.29, 1.82) is 0 Å². The first kappa shape index (κ1) is 14.0. The van der Waals surface area contributed by atoms with E-state index < -0.39 is 5.97 Å². The molecular weight excluding hydrogens is 197 g/mol. The molecule has 1 aliphatic rings. The standard InChI is InChI=1S/C8H15NO3.K/c10-8(11)2-1-3-9-4-6-12-7-5-9;/h1-7H2,(H,10,11);/q;+1/p-1. The van der Waals surface area contributed by atoms with Gasteiger partial charge in [-0.05, 0) is 19.4 Å². The molecular formula is C8H14KNO3. The fourth-order valence-corrected chi connectivity index (χ4v) is 1.27. The summed E-state index contributed by atoms with van der Waals surface area (Å²) in [5.74, 6) is -0.955. The third kappa shape index (κ3) is 7.01. The number of hydrogen-bond acceptors (Lipinski definition) is 4. The van der Waals surface area contributed by atoms with Crippen molar-refractivity contribution >= 4 is 5.97 Å². The molecule has 0 aromatic rings. The predicted molar refractivity (Wildman–Crippen MR) is 41.5 cm³/mol. The molecule has 0 amide bonds. The number of ether oxygens (including phenoxy) is 1. The number of carbonyl (C=O) groups excluding carboxylic acids is 1. The van der Waals surface area contributed by atoms with Crippen LogP contribution in [0.25, 0.3) is 0 Å². The largest absolute Gasteiger partial charge is 1.00 e. The van der Waals surface area contributed by atoms with E-state index in [0.29, 0.717) is 6.42 Å². The topological polar surface area (TPSA) is 52.6 Å². The Morgan fingerprint density at radius 3 is 2.54 bits per heavy atom. The zero-order valence-electron chi connectivity index (χ0n) is 8.12. The van der Waals surface area contributed by atoms with Crippen LogP contribution < -0.4 is 56.5 Å². The Labute approximate surface area is 121 Å². The van der Waals surface area contributed by atoms with Gasteiger partial charge in [0.1, 0.15) is 0 Å². The van der Waals surface area contributed by atoms with E-state index in [1.807, 2.05) is 0 Å². The van der Waals surface area contributed by atoms with E-state index in [4.69, 9.17) is 4.74 Å². The Morgan fingerprint density at radius 2 is 2.00 bits per heavy atom. The molecule has 0 unspecified atom stereocenters. The van der Waals surface area contributed by atoms with Gasteiger partial charge in [0.05, 0.1) is 13.2 Å². The third-order valence-electron chi connectivity index (χ3n) is 1.96. The molecule has 5 heteroatoms. The zero-order valence-corrected chi connectivity index (χ0v) is 11.2. The molecule has 0 aromatic carbocycles. The number of morpholine rings is 1. The molecule has 1 rings (SSSR count). The minimum Gasteiger partial charge on any atom is -0.550 e. The normalized spacial score (nSPS) is 17.8. The molecule has 1 heterocycles. The van der Waals surface area contributed by atoms with Crippen molar-refractivity contribution in [3.63, 3.8) is 0 Å². The second kappa shape index (κ2) is 8.34. The van der Waals surface area contributed by atoms with Gasteiger partial charge in [-0.3, -0.25) is 4.90 Å². The molecule has 0 N–H and O–H groups in total. The van der Waals surface area contributed by atoms with Crippen molar-refractivity contribution in [2.75, 3.05) is 32.8 Å². The summed E-state index contributed by atoms with van der Waals surface area (Å²) in [4.78, 5) is 12.3. The first-order valence-corrected chi connectivity index (χ1v) is 4.29. The summed E-state index contributed by atoms with van der Waals surface area (Å²) in [7, 11) is 0. The van der Waals surface area contributed by atoms with E-state index in [1.54, 1.807) is 0 Å². The number of nitrogens with zero attached hydrogens (tertiary/aromatic N) is 1. The van der Waals surface area contributed by atoms with Crippen molar-refractivity contribution in [3.8, 4) is 0 Å². The quantitative estimate of drug-likeness (QED) is 0.443. The van der Waals surface area contributed by atoms with Crippen LogP contribution in [0.3, 0.4) is 0 Å². The van der Waals surface area contributed by atoms with Crippen LogP contribution in [0.2, 0.25) is 0 Å². The second-order valence-electron chi connectivity index (χ2n) is 2.93. The van der Waals surface area contributed by atoms with Gasteiger partial charge in [-0.15, -0.1) is 0 Å². The number of aliphatic carboxylic acids is 1. The Balaban J connectivity index is 0.00000144. The molecule has 0 bridgehead atoms. The van der Waals surface area contributed by atoms with Crippen molar-refractivity contribution in [2.24, 2.45) is 0 Å². The number of carboxylic acid groups (broad SMARTS) is 1. The van der Waals surface area contributed by atoms with Gasteiger partial charge in [-0.1, -0.05) is 0 Å². The van der Waals surface area contributed by atoms with Crippen LogP contribution in [0.15, 0.2) is 0 Å². The van der Waals surface area contributed by atoms with Gasteiger partial charge < -0.3 is 14.6 Å². The monoisotopic (exact) mass is 211 g/mol. The van der Waals surface area contributed by atoms with E-state index in [0.717, 1.165) is 32.8 Å². The van der Waals surface area contributed by atoms with Crippen LogP contribution >= 0.6 is 0 Å². The summed E-state index contributed by atoms with van der Waals surface area (Å²) < 4.78 is 5.16. The Hall–Kier alpha value is 1.03. The van der Waals surface area contributed by atoms with Gasteiger partial charge in [0.25, 0.3) is 0 Å². The fourth-order valence-electron chi connectivity index (χ4n) is 1.27. The van der Waals surface area contributed by atoms with Crippen LogP contribution in [0.5, 0.6) is 0 Å². The van der Waals surface area contributed by atoms with Gasteiger partial charge in [0, 0.05) is 19.1 Å². The Kier molecular flexibility index (Phi) is 9.00. The maximum absolute atomic E-state index is 10.1. The number of carbonyl (C=O) groups is 1. The van der Waals surface area contributed by atoms with E-state index in [1.165, 1.54) is 0 Å². The zero-order chi connectivity index (χ0) is 8.81. The number of rotatable bonds is 4. The molecule has 1 saturated heterocycles. The SMILES string of the molecule is O=C([O-])CCCN1CCOCC1.[K+]. The van der Waals surface area contributed by atoms with Crippen molar-refractivity contribution in [1.82, 2.24) is 4.90 Å². The third-order valence-corrected chi connectivity index (χ3v) is 1.96. The molecule has 13 heavy (non-hydrogen) atoms. The van der Waals surface area contributed by atoms with Gasteiger partial charge in [-0.25, -0.2) is 0 Å². The van der Waals surface area contributed by atoms with Crippen LogP contribution in [0.4, 0.5) is 0 Å². The summed E-state index contributed by atoms with van der Waals surface area (Å²) in [6.45, 7) is 4.23. The van der Waals surface area contributed by atoms with E-state index >= 15 is 0 Å². The van der Waals surface area contributed by atoms with Crippen LogP contribution in [-0.2, 0) is 9.53 Å². The maximum atomic E-state index is 10.1. The molecule has 0 aliphatic carbocycles. The van der Waals surface area contributed by atoms with Gasteiger partial charge in [0.15, 0.2) is 0 Å². The molecule has 0 radical (unpaired) electrons.